The molecule has 11 nitrogen and oxygen atoms in total. The summed E-state index contributed by atoms with van der Waals surface area (Å²) in [5.41, 5.74) is 4.93. The molecule has 246 valence electrons. The van der Waals surface area contributed by atoms with Crippen LogP contribution in [0.3, 0.4) is 0 Å². The SMILES string of the molecule is C[C@@H](NC(=O)OCc1ccccc1)C(=O)Nc1ccc(C2SC(=Nc3ccc(N4CCOCC4)cc3)N(Cc3cccnc3)C2=O)cc1. The number of hydrogen-bond acceptors (Lipinski definition) is 9. The number of hydrogen-bond donors (Lipinski definition) is 2. The molecular formula is C36H36N6O5S. The number of aromatic nitrogens is 1. The molecule has 3 heterocycles. The highest BCUT2D eigenvalue weighted by Gasteiger charge is 2.39. The van der Waals surface area contributed by atoms with E-state index in [-0.39, 0.29) is 12.5 Å². The van der Waals surface area contributed by atoms with E-state index in [1.54, 1.807) is 36.4 Å². The van der Waals surface area contributed by atoms with Crippen molar-refractivity contribution in [2.75, 3.05) is 36.5 Å². The number of nitrogens with one attached hydrogen (secondary N) is 2. The minimum Gasteiger partial charge on any atom is -0.445 e. The molecule has 6 rings (SSSR count). The maximum Gasteiger partial charge on any atom is 0.408 e. The number of morpholine rings is 1. The number of benzene rings is 3. The third-order valence-corrected chi connectivity index (χ3v) is 9.11. The first kappa shape index (κ1) is 32.7. The number of aliphatic imine (C=N–C) groups is 1. The molecule has 2 fully saturated rings. The number of nitrogens with zero attached hydrogens (tertiary/aromatic N) is 4. The molecule has 0 spiro atoms. The predicted octanol–water partition coefficient (Wildman–Crippen LogP) is 5.68. The minimum absolute atomic E-state index is 0.0869. The van der Waals surface area contributed by atoms with E-state index in [0.717, 1.165) is 41.2 Å². The Balaban J connectivity index is 1.11. The molecule has 1 unspecified atom stereocenters. The average Bonchev–Trinajstić information content (AvgIpc) is 3.42. The van der Waals surface area contributed by atoms with Gasteiger partial charge < -0.3 is 25.0 Å². The molecule has 2 aliphatic rings. The summed E-state index contributed by atoms with van der Waals surface area (Å²) in [5, 5.41) is 5.44. The van der Waals surface area contributed by atoms with Crippen LogP contribution < -0.4 is 15.5 Å². The molecule has 0 bridgehead atoms. The first-order valence-electron chi connectivity index (χ1n) is 15.7. The van der Waals surface area contributed by atoms with Crippen molar-refractivity contribution in [1.82, 2.24) is 15.2 Å². The summed E-state index contributed by atoms with van der Waals surface area (Å²) in [6.45, 7) is 5.14. The van der Waals surface area contributed by atoms with Gasteiger partial charge in [-0.1, -0.05) is 60.3 Å². The molecule has 48 heavy (non-hydrogen) atoms. The van der Waals surface area contributed by atoms with Crippen molar-refractivity contribution in [3.05, 3.63) is 120 Å². The largest absolute Gasteiger partial charge is 0.445 e. The molecule has 2 saturated heterocycles. The average molecular weight is 665 g/mol. The van der Waals surface area contributed by atoms with E-state index in [9.17, 15) is 14.4 Å². The lowest BCUT2D eigenvalue weighted by Gasteiger charge is -2.28. The zero-order valence-corrected chi connectivity index (χ0v) is 27.3. The molecule has 12 heteroatoms. The fraction of sp³-hybridized carbons (Fsp3) is 0.250. The van der Waals surface area contributed by atoms with E-state index >= 15 is 0 Å². The maximum absolute atomic E-state index is 13.8. The van der Waals surface area contributed by atoms with Gasteiger partial charge in [-0.15, -0.1) is 0 Å². The molecule has 2 atom stereocenters. The highest BCUT2D eigenvalue weighted by atomic mass is 32.2. The quantitative estimate of drug-likeness (QED) is 0.222. The first-order valence-corrected chi connectivity index (χ1v) is 16.6. The van der Waals surface area contributed by atoms with Gasteiger partial charge in [0.15, 0.2) is 5.17 Å². The van der Waals surface area contributed by atoms with Crippen molar-refractivity contribution >= 4 is 51.9 Å². The number of amides is 3. The van der Waals surface area contributed by atoms with Crippen LogP contribution in [0.4, 0.5) is 21.9 Å². The van der Waals surface area contributed by atoms with E-state index in [2.05, 4.69) is 20.5 Å². The second kappa shape index (κ2) is 15.6. The van der Waals surface area contributed by atoms with Gasteiger partial charge >= 0.3 is 6.09 Å². The highest BCUT2D eigenvalue weighted by Crippen LogP contribution is 2.41. The molecular weight excluding hydrogens is 628 g/mol. The number of thioether (sulfide) groups is 1. The number of alkyl carbamates (subject to hydrolysis) is 1. The van der Waals surface area contributed by atoms with E-state index in [4.69, 9.17) is 14.5 Å². The third kappa shape index (κ3) is 8.38. The van der Waals surface area contributed by atoms with Crippen molar-refractivity contribution in [2.45, 2.75) is 31.4 Å². The molecule has 3 amide bonds. The number of amidine groups is 1. The molecule has 3 aromatic carbocycles. The Labute approximate surface area is 283 Å². The zero-order valence-electron chi connectivity index (χ0n) is 26.5. The van der Waals surface area contributed by atoms with Crippen LogP contribution in [0.15, 0.2) is 108 Å². The lowest BCUT2D eigenvalue weighted by molar-refractivity contribution is -0.126. The van der Waals surface area contributed by atoms with Crippen LogP contribution in [0.2, 0.25) is 0 Å². The number of anilines is 2. The van der Waals surface area contributed by atoms with E-state index in [1.165, 1.54) is 11.8 Å². The normalized spacial score (nSPS) is 17.6. The standard InChI is InChI=1S/C36H36N6O5S/c1-25(38-36(45)47-24-26-6-3-2-4-7-26)33(43)39-29-11-9-28(10-12-29)32-34(44)42(23-27-8-5-17-37-22-27)35(48-32)40-30-13-15-31(16-14-30)41-18-20-46-21-19-41/h2-17,22,25,32H,18-21,23-24H2,1H3,(H,38,45)(H,39,43)/t25-,32?/m1/s1. The van der Waals surface area contributed by atoms with E-state index in [1.807, 2.05) is 78.9 Å². The molecule has 0 radical (unpaired) electrons. The van der Waals surface area contributed by atoms with Gasteiger partial charge in [-0.05, 0) is 66.1 Å². The van der Waals surface area contributed by atoms with Crippen molar-refractivity contribution in [3.63, 3.8) is 0 Å². The Kier molecular flexibility index (Phi) is 10.6. The van der Waals surface area contributed by atoms with Gasteiger partial charge in [0, 0.05) is 36.9 Å². The van der Waals surface area contributed by atoms with Gasteiger partial charge in [0.1, 0.15) is 17.9 Å². The van der Waals surface area contributed by atoms with Crippen LogP contribution in [-0.4, -0.2) is 65.3 Å². The van der Waals surface area contributed by atoms with Gasteiger partial charge in [-0.25, -0.2) is 9.79 Å². The molecule has 2 aliphatic heterocycles. The first-order chi connectivity index (χ1) is 23.4. The van der Waals surface area contributed by atoms with Gasteiger partial charge in [-0.2, -0.15) is 0 Å². The Morgan fingerprint density at radius 2 is 1.71 bits per heavy atom. The Morgan fingerprint density at radius 1 is 0.979 bits per heavy atom. The van der Waals surface area contributed by atoms with Gasteiger partial charge in [0.2, 0.25) is 11.8 Å². The summed E-state index contributed by atoms with van der Waals surface area (Å²) in [6, 6.07) is 27.4. The summed E-state index contributed by atoms with van der Waals surface area (Å²) >= 11 is 1.39. The summed E-state index contributed by atoms with van der Waals surface area (Å²) in [4.78, 5) is 51.9. The zero-order chi connectivity index (χ0) is 33.3. The number of rotatable bonds is 10. The summed E-state index contributed by atoms with van der Waals surface area (Å²) in [7, 11) is 0. The number of carbonyl (C=O) groups excluding carboxylic acids is 3. The number of carbonyl (C=O) groups is 3. The monoisotopic (exact) mass is 664 g/mol. The van der Waals surface area contributed by atoms with Crippen molar-refractivity contribution in [1.29, 1.82) is 0 Å². The summed E-state index contributed by atoms with van der Waals surface area (Å²) in [5.74, 6) is -0.487. The second-order valence-corrected chi connectivity index (χ2v) is 12.4. The molecule has 0 saturated carbocycles. The number of pyridine rings is 1. The van der Waals surface area contributed by atoms with E-state index in [0.29, 0.717) is 30.6 Å². The highest BCUT2D eigenvalue weighted by molar-refractivity contribution is 8.15. The van der Waals surface area contributed by atoms with Crippen LogP contribution >= 0.6 is 11.8 Å². The molecule has 0 aliphatic carbocycles. The molecule has 1 aromatic heterocycles. The fourth-order valence-electron chi connectivity index (χ4n) is 5.24. The number of ether oxygens (including phenoxy) is 2. The van der Waals surface area contributed by atoms with Crippen LogP contribution in [0.1, 0.15) is 28.9 Å². The summed E-state index contributed by atoms with van der Waals surface area (Å²) in [6.07, 6.45) is 2.76. The molecule has 2 N–H and O–H groups in total. The van der Waals surface area contributed by atoms with E-state index < -0.39 is 23.3 Å². The molecule has 4 aromatic rings. The topological polar surface area (TPSA) is 125 Å². The van der Waals surface area contributed by atoms with Crippen molar-refractivity contribution in [2.24, 2.45) is 4.99 Å². The Hall–Kier alpha value is -5.20. The lowest BCUT2D eigenvalue weighted by Crippen LogP contribution is -2.41. The maximum atomic E-state index is 13.8. The Morgan fingerprint density at radius 3 is 2.42 bits per heavy atom. The van der Waals surface area contributed by atoms with Crippen LogP contribution in [0.25, 0.3) is 0 Å². The van der Waals surface area contributed by atoms with Gasteiger partial charge in [-0.3, -0.25) is 19.5 Å². The fourth-order valence-corrected chi connectivity index (χ4v) is 6.41. The van der Waals surface area contributed by atoms with Crippen molar-refractivity contribution < 1.29 is 23.9 Å². The van der Waals surface area contributed by atoms with Gasteiger partial charge in [0.05, 0.1) is 25.4 Å². The second-order valence-electron chi connectivity index (χ2n) is 11.3. The smallest absolute Gasteiger partial charge is 0.408 e. The Bertz CT molecular complexity index is 1730. The third-order valence-electron chi connectivity index (χ3n) is 7.88. The minimum atomic E-state index is -0.831. The van der Waals surface area contributed by atoms with Crippen LogP contribution in [-0.2, 0) is 32.2 Å². The summed E-state index contributed by atoms with van der Waals surface area (Å²) < 4.78 is 10.7. The van der Waals surface area contributed by atoms with Crippen molar-refractivity contribution in [3.8, 4) is 0 Å². The van der Waals surface area contributed by atoms with Gasteiger partial charge in [0.25, 0.3) is 0 Å². The van der Waals surface area contributed by atoms with Crippen LogP contribution in [0.5, 0.6) is 0 Å². The lowest BCUT2D eigenvalue weighted by atomic mass is 10.1. The predicted molar refractivity (Wildman–Crippen MR) is 186 cm³/mol. The van der Waals surface area contributed by atoms with Crippen LogP contribution in [0, 0.1) is 0 Å².